The van der Waals surface area contributed by atoms with Crippen molar-refractivity contribution in [1.82, 2.24) is 10.2 Å². The Morgan fingerprint density at radius 1 is 0.892 bits per heavy atom. The van der Waals surface area contributed by atoms with Crippen molar-refractivity contribution in [3.63, 3.8) is 0 Å². The molecule has 0 aliphatic carbocycles. The summed E-state index contributed by atoms with van der Waals surface area (Å²) in [5.74, 6) is -0.759. The molecule has 0 fully saturated rings. The van der Waals surface area contributed by atoms with Crippen molar-refractivity contribution in [2.75, 3.05) is 17.9 Å². The van der Waals surface area contributed by atoms with Crippen molar-refractivity contribution >= 4 is 27.5 Å². The second-order valence-electron chi connectivity index (χ2n) is 9.16. The monoisotopic (exact) mass is 521 g/mol. The minimum absolute atomic E-state index is 0.0901. The third-order valence-electron chi connectivity index (χ3n) is 6.31. The number of carbonyl (C=O) groups excluding carboxylic acids is 2. The number of hydrogen-bond acceptors (Lipinski definition) is 4. The third kappa shape index (κ3) is 6.57. The van der Waals surface area contributed by atoms with Gasteiger partial charge in [-0.05, 0) is 62.1 Å². The number of benzene rings is 3. The molecule has 3 aromatic rings. The molecular formula is C29H35N3O4S. The molecule has 37 heavy (non-hydrogen) atoms. The molecule has 0 spiro atoms. The highest BCUT2D eigenvalue weighted by atomic mass is 32.2. The van der Waals surface area contributed by atoms with E-state index in [1.165, 1.54) is 24.1 Å². The lowest BCUT2D eigenvalue weighted by atomic mass is 10.1. The first-order valence-electron chi connectivity index (χ1n) is 12.3. The van der Waals surface area contributed by atoms with Gasteiger partial charge in [-0.3, -0.25) is 13.9 Å². The van der Waals surface area contributed by atoms with Gasteiger partial charge >= 0.3 is 0 Å². The maximum Gasteiger partial charge on any atom is 0.264 e. The lowest BCUT2D eigenvalue weighted by molar-refractivity contribution is -0.140. The Morgan fingerprint density at radius 2 is 1.57 bits per heavy atom. The average molecular weight is 522 g/mol. The molecule has 0 saturated carbocycles. The number of aryl methyl sites for hydroxylation is 3. The molecule has 0 radical (unpaired) electrons. The number of carbonyl (C=O) groups is 2. The predicted octanol–water partition coefficient (Wildman–Crippen LogP) is 4.36. The van der Waals surface area contributed by atoms with Gasteiger partial charge in [0, 0.05) is 13.6 Å². The Morgan fingerprint density at radius 3 is 2.19 bits per heavy atom. The first kappa shape index (κ1) is 27.9. The maximum absolute atomic E-state index is 14.0. The van der Waals surface area contributed by atoms with Crippen LogP contribution in [0.1, 0.15) is 35.6 Å². The smallest absolute Gasteiger partial charge is 0.264 e. The van der Waals surface area contributed by atoms with Gasteiger partial charge in [0.15, 0.2) is 0 Å². The van der Waals surface area contributed by atoms with Gasteiger partial charge in [-0.1, -0.05) is 67.1 Å². The van der Waals surface area contributed by atoms with Gasteiger partial charge < -0.3 is 10.2 Å². The van der Waals surface area contributed by atoms with Gasteiger partial charge in [-0.25, -0.2) is 8.42 Å². The molecule has 1 unspecified atom stereocenters. The lowest BCUT2D eigenvalue weighted by Crippen LogP contribution is -2.51. The molecule has 0 aromatic heterocycles. The standard InChI is InChI=1S/C29H35N3O4S/c1-6-26(29(34)30-5)31(19-24-12-10-11-21(2)17-24)28(33)20-32(27-18-22(3)15-16-23(27)4)37(35,36)25-13-8-7-9-14-25/h7-18,26H,6,19-20H2,1-5H3,(H,30,34). The van der Waals surface area contributed by atoms with Gasteiger partial charge in [0.25, 0.3) is 10.0 Å². The van der Waals surface area contributed by atoms with Gasteiger partial charge in [0.05, 0.1) is 10.6 Å². The summed E-state index contributed by atoms with van der Waals surface area (Å²) in [6.07, 6.45) is 0.381. The molecule has 0 aliphatic heterocycles. The Labute approximate surface area is 220 Å². The summed E-state index contributed by atoms with van der Waals surface area (Å²) in [6, 6.07) is 20.5. The van der Waals surface area contributed by atoms with Crippen LogP contribution < -0.4 is 9.62 Å². The van der Waals surface area contributed by atoms with Crippen LogP contribution in [0.15, 0.2) is 77.7 Å². The summed E-state index contributed by atoms with van der Waals surface area (Å²) >= 11 is 0. The average Bonchev–Trinajstić information content (AvgIpc) is 2.88. The minimum atomic E-state index is -4.07. The number of likely N-dealkylation sites (N-methyl/N-ethyl adjacent to an activating group) is 1. The topological polar surface area (TPSA) is 86.8 Å². The minimum Gasteiger partial charge on any atom is -0.357 e. The second-order valence-corrected chi connectivity index (χ2v) is 11.0. The van der Waals surface area contributed by atoms with Gasteiger partial charge in [-0.2, -0.15) is 0 Å². The van der Waals surface area contributed by atoms with Crippen LogP contribution in [0.3, 0.4) is 0 Å². The highest BCUT2D eigenvalue weighted by molar-refractivity contribution is 7.92. The highest BCUT2D eigenvalue weighted by Crippen LogP contribution is 2.28. The fraction of sp³-hybridized carbons (Fsp3) is 0.310. The van der Waals surface area contributed by atoms with Gasteiger partial charge in [0.1, 0.15) is 12.6 Å². The van der Waals surface area contributed by atoms with E-state index in [9.17, 15) is 18.0 Å². The van der Waals surface area contributed by atoms with Crippen molar-refractivity contribution < 1.29 is 18.0 Å². The van der Waals surface area contributed by atoms with Crippen LogP contribution >= 0.6 is 0 Å². The molecule has 1 atom stereocenters. The lowest BCUT2D eigenvalue weighted by Gasteiger charge is -2.33. The van der Waals surface area contributed by atoms with E-state index in [0.29, 0.717) is 12.1 Å². The first-order chi connectivity index (χ1) is 17.6. The van der Waals surface area contributed by atoms with Crippen molar-refractivity contribution in [1.29, 1.82) is 0 Å². The van der Waals surface area contributed by atoms with E-state index in [0.717, 1.165) is 26.6 Å². The third-order valence-corrected chi connectivity index (χ3v) is 8.09. The van der Waals surface area contributed by atoms with Crippen LogP contribution in [-0.2, 0) is 26.2 Å². The maximum atomic E-state index is 14.0. The normalized spacial score (nSPS) is 12.0. The highest BCUT2D eigenvalue weighted by Gasteiger charge is 2.33. The number of nitrogens with one attached hydrogen (secondary N) is 1. The first-order valence-corrected chi connectivity index (χ1v) is 13.7. The number of rotatable bonds is 10. The predicted molar refractivity (Wildman–Crippen MR) is 147 cm³/mol. The largest absolute Gasteiger partial charge is 0.357 e. The summed E-state index contributed by atoms with van der Waals surface area (Å²) < 4.78 is 28.9. The molecule has 0 aliphatic rings. The molecular weight excluding hydrogens is 486 g/mol. The van der Waals surface area contributed by atoms with Crippen LogP contribution in [0.25, 0.3) is 0 Å². The van der Waals surface area contributed by atoms with Crippen molar-refractivity contribution in [3.8, 4) is 0 Å². The zero-order valence-corrected chi connectivity index (χ0v) is 22.9. The van der Waals surface area contributed by atoms with Crippen molar-refractivity contribution in [2.45, 2.75) is 51.6 Å². The van der Waals surface area contributed by atoms with Crippen LogP contribution in [0.4, 0.5) is 5.69 Å². The molecule has 0 heterocycles. The molecule has 2 amide bonds. The fourth-order valence-corrected chi connectivity index (χ4v) is 5.81. The van der Waals surface area contributed by atoms with E-state index in [1.807, 2.05) is 64.1 Å². The SMILES string of the molecule is CCC(C(=O)NC)N(Cc1cccc(C)c1)C(=O)CN(c1cc(C)ccc1C)S(=O)(=O)c1ccccc1. The molecule has 3 aromatic carbocycles. The summed E-state index contributed by atoms with van der Waals surface area (Å²) in [6.45, 7) is 7.22. The van der Waals surface area contributed by atoms with E-state index < -0.39 is 28.5 Å². The van der Waals surface area contributed by atoms with Crippen LogP contribution in [0.2, 0.25) is 0 Å². The molecule has 3 rings (SSSR count). The quantitative estimate of drug-likeness (QED) is 0.430. The molecule has 0 bridgehead atoms. The summed E-state index contributed by atoms with van der Waals surface area (Å²) in [7, 11) is -2.54. The van der Waals surface area contributed by atoms with E-state index in [1.54, 1.807) is 24.3 Å². The van der Waals surface area contributed by atoms with Crippen LogP contribution in [0.5, 0.6) is 0 Å². The number of hydrogen-bond donors (Lipinski definition) is 1. The Bertz CT molecular complexity index is 1360. The van der Waals surface area contributed by atoms with E-state index >= 15 is 0 Å². The second kappa shape index (κ2) is 12.1. The number of amides is 2. The van der Waals surface area contributed by atoms with E-state index in [4.69, 9.17) is 0 Å². The summed E-state index contributed by atoms with van der Waals surface area (Å²) in [5.41, 5.74) is 3.92. The van der Waals surface area contributed by atoms with Gasteiger partial charge in [0.2, 0.25) is 11.8 Å². The van der Waals surface area contributed by atoms with Crippen molar-refractivity contribution in [2.24, 2.45) is 0 Å². The Kier molecular flexibility index (Phi) is 9.10. The molecule has 8 heteroatoms. The van der Waals surface area contributed by atoms with Gasteiger partial charge in [-0.15, -0.1) is 0 Å². The zero-order chi connectivity index (χ0) is 27.2. The number of sulfonamides is 1. The van der Waals surface area contributed by atoms with Crippen LogP contribution in [0, 0.1) is 20.8 Å². The number of nitrogens with zero attached hydrogens (tertiary/aromatic N) is 2. The molecule has 196 valence electrons. The zero-order valence-electron chi connectivity index (χ0n) is 22.1. The van der Waals surface area contributed by atoms with Crippen LogP contribution in [-0.4, -0.2) is 44.8 Å². The number of anilines is 1. The Balaban J connectivity index is 2.10. The molecule has 1 N–H and O–H groups in total. The Hall–Kier alpha value is -3.65. The molecule has 7 nitrogen and oxygen atoms in total. The van der Waals surface area contributed by atoms with E-state index in [2.05, 4.69) is 5.32 Å². The van der Waals surface area contributed by atoms with Crippen molar-refractivity contribution in [3.05, 3.63) is 95.1 Å². The summed E-state index contributed by atoms with van der Waals surface area (Å²) in [5, 5.41) is 2.64. The fourth-order valence-electron chi connectivity index (χ4n) is 4.31. The summed E-state index contributed by atoms with van der Waals surface area (Å²) in [4.78, 5) is 28.3. The van der Waals surface area contributed by atoms with E-state index in [-0.39, 0.29) is 17.3 Å². The molecule has 0 saturated heterocycles.